The van der Waals surface area contributed by atoms with Crippen molar-refractivity contribution in [2.45, 2.75) is 71.9 Å². The molecule has 2 aromatic carbocycles. The lowest BCUT2D eigenvalue weighted by Gasteiger charge is -2.33. The van der Waals surface area contributed by atoms with Crippen LogP contribution < -0.4 is 5.43 Å². The maximum Gasteiger partial charge on any atom is 0.203 e. The molecule has 1 saturated heterocycles. The molecule has 6 heteroatoms. The fraction of sp³-hybridized carbons (Fsp3) is 0.448. The van der Waals surface area contributed by atoms with Gasteiger partial charge in [-0.1, -0.05) is 39.3 Å². The number of phenols is 1. The number of rotatable bonds is 5. The molecule has 1 atom stereocenters. The standard InChI is InChI=1S/C29H35N3O3/c1-6-19-15-20-26(34)24(29-30-22-12-7-8-13-23(22)31(29)5)27(17(2)3)35-28(20)21(25(19)33)16-32-14-10-9-11-18(32)4/h7-8,12-13,15,17-18,33H,6,9-11,14,16H2,1-5H3/t18-/m0/s1. The number of aromatic nitrogens is 2. The zero-order valence-corrected chi connectivity index (χ0v) is 21.4. The number of aryl methyl sites for hydroxylation is 2. The maximum absolute atomic E-state index is 14.2. The summed E-state index contributed by atoms with van der Waals surface area (Å²) in [5.74, 6) is 1.45. The van der Waals surface area contributed by atoms with Crippen LogP contribution in [0.2, 0.25) is 0 Å². The third kappa shape index (κ3) is 3.94. The van der Waals surface area contributed by atoms with Crippen LogP contribution in [0.25, 0.3) is 33.4 Å². The van der Waals surface area contributed by atoms with Crippen LogP contribution in [0.15, 0.2) is 39.5 Å². The van der Waals surface area contributed by atoms with Gasteiger partial charge in [-0.15, -0.1) is 0 Å². The number of aromatic hydroxyl groups is 1. The molecule has 0 spiro atoms. The van der Waals surface area contributed by atoms with Crippen molar-refractivity contribution in [3.05, 3.63) is 57.4 Å². The van der Waals surface area contributed by atoms with Crippen molar-refractivity contribution in [2.75, 3.05) is 6.54 Å². The van der Waals surface area contributed by atoms with Crippen LogP contribution in [-0.2, 0) is 20.0 Å². The molecule has 1 aliphatic heterocycles. The van der Waals surface area contributed by atoms with Crippen molar-refractivity contribution in [3.63, 3.8) is 0 Å². The monoisotopic (exact) mass is 473 g/mol. The minimum Gasteiger partial charge on any atom is -0.507 e. The predicted molar refractivity (Wildman–Crippen MR) is 141 cm³/mol. The van der Waals surface area contributed by atoms with Gasteiger partial charge in [0, 0.05) is 25.6 Å². The van der Waals surface area contributed by atoms with E-state index in [2.05, 4.69) is 11.8 Å². The Bertz CT molecular complexity index is 1460. The molecule has 3 heterocycles. The molecule has 0 amide bonds. The fourth-order valence-electron chi connectivity index (χ4n) is 5.46. The molecule has 0 radical (unpaired) electrons. The molecule has 2 aromatic heterocycles. The lowest BCUT2D eigenvalue weighted by molar-refractivity contribution is 0.151. The van der Waals surface area contributed by atoms with E-state index in [0.717, 1.165) is 41.5 Å². The molecule has 0 unspecified atom stereocenters. The second-order valence-electron chi connectivity index (χ2n) is 10.2. The summed E-state index contributed by atoms with van der Waals surface area (Å²) in [5, 5.41) is 11.8. The third-order valence-electron chi connectivity index (χ3n) is 7.58. The summed E-state index contributed by atoms with van der Waals surface area (Å²) in [6, 6.07) is 10.1. The zero-order chi connectivity index (χ0) is 24.9. The van der Waals surface area contributed by atoms with Gasteiger partial charge in [0.15, 0.2) is 0 Å². The molecule has 0 bridgehead atoms. The van der Waals surface area contributed by atoms with Crippen LogP contribution in [-0.4, -0.2) is 32.1 Å². The quantitative estimate of drug-likeness (QED) is 0.378. The number of nitrogens with zero attached hydrogens (tertiary/aromatic N) is 3. The largest absolute Gasteiger partial charge is 0.507 e. The van der Waals surface area contributed by atoms with E-state index in [0.29, 0.717) is 47.1 Å². The van der Waals surface area contributed by atoms with Crippen molar-refractivity contribution in [1.82, 2.24) is 14.5 Å². The minimum atomic E-state index is -0.0870. The van der Waals surface area contributed by atoms with Gasteiger partial charge in [-0.05, 0) is 56.5 Å². The van der Waals surface area contributed by atoms with E-state index in [-0.39, 0.29) is 17.1 Å². The number of phenolic OH excluding ortho intramolecular Hbond substituents is 1. The minimum absolute atomic E-state index is 0.0309. The lowest BCUT2D eigenvalue weighted by atomic mass is 9.96. The highest BCUT2D eigenvalue weighted by molar-refractivity contribution is 5.89. The molecule has 5 rings (SSSR count). The van der Waals surface area contributed by atoms with E-state index in [4.69, 9.17) is 9.40 Å². The summed E-state index contributed by atoms with van der Waals surface area (Å²) in [6.45, 7) is 9.86. The molecule has 0 aliphatic carbocycles. The highest BCUT2D eigenvalue weighted by Crippen LogP contribution is 2.37. The molecule has 184 valence electrons. The van der Waals surface area contributed by atoms with Crippen molar-refractivity contribution >= 4 is 22.0 Å². The molecule has 1 fully saturated rings. The topological polar surface area (TPSA) is 71.5 Å². The molecule has 6 nitrogen and oxygen atoms in total. The third-order valence-corrected chi connectivity index (χ3v) is 7.58. The van der Waals surface area contributed by atoms with Crippen molar-refractivity contribution in [2.24, 2.45) is 7.05 Å². The van der Waals surface area contributed by atoms with Crippen molar-refractivity contribution in [1.29, 1.82) is 0 Å². The van der Waals surface area contributed by atoms with Gasteiger partial charge in [-0.25, -0.2) is 4.98 Å². The lowest BCUT2D eigenvalue weighted by Crippen LogP contribution is -2.36. The number of hydrogen-bond acceptors (Lipinski definition) is 5. The Morgan fingerprint density at radius 1 is 1.23 bits per heavy atom. The molecule has 1 N–H and O–H groups in total. The molecule has 4 aromatic rings. The first-order chi connectivity index (χ1) is 16.8. The van der Waals surface area contributed by atoms with Crippen LogP contribution in [0, 0.1) is 0 Å². The van der Waals surface area contributed by atoms with Crippen LogP contribution in [0.3, 0.4) is 0 Å². The molecule has 0 saturated carbocycles. The number of likely N-dealkylation sites (tertiary alicyclic amines) is 1. The van der Waals surface area contributed by atoms with Crippen LogP contribution in [0.4, 0.5) is 0 Å². The Morgan fingerprint density at radius 2 is 2.00 bits per heavy atom. The van der Waals surface area contributed by atoms with E-state index >= 15 is 0 Å². The number of benzene rings is 2. The summed E-state index contributed by atoms with van der Waals surface area (Å²) >= 11 is 0. The number of fused-ring (bicyclic) bond motifs is 2. The van der Waals surface area contributed by atoms with Gasteiger partial charge < -0.3 is 14.1 Å². The van der Waals surface area contributed by atoms with Gasteiger partial charge in [0.25, 0.3) is 0 Å². The summed E-state index contributed by atoms with van der Waals surface area (Å²) in [6.07, 6.45) is 4.16. The number of imidazole rings is 1. The molecular formula is C29H35N3O3. The van der Waals surface area contributed by atoms with Crippen LogP contribution in [0.1, 0.15) is 69.8 Å². The van der Waals surface area contributed by atoms with E-state index in [1.54, 1.807) is 0 Å². The Labute approximate surface area is 206 Å². The average Bonchev–Trinajstić information content (AvgIpc) is 3.18. The SMILES string of the molecule is CCc1cc2c(=O)c(-c3nc4ccccc4n3C)c(C(C)C)oc2c(CN2CCCC[C@@H]2C)c1O. The second kappa shape index (κ2) is 9.15. The zero-order valence-electron chi connectivity index (χ0n) is 21.4. The number of hydrogen-bond donors (Lipinski definition) is 1. The summed E-state index contributed by atoms with van der Waals surface area (Å²) in [7, 11) is 1.94. The predicted octanol–water partition coefficient (Wildman–Crippen LogP) is 6.11. The van der Waals surface area contributed by atoms with Crippen LogP contribution >= 0.6 is 0 Å². The van der Waals surface area contributed by atoms with Gasteiger partial charge in [0.2, 0.25) is 5.43 Å². The van der Waals surface area contributed by atoms with E-state index in [9.17, 15) is 9.90 Å². The van der Waals surface area contributed by atoms with E-state index in [1.165, 1.54) is 6.42 Å². The van der Waals surface area contributed by atoms with Gasteiger partial charge in [0.05, 0.1) is 22.0 Å². The average molecular weight is 474 g/mol. The highest BCUT2D eigenvalue weighted by atomic mass is 16.3. The Morgan fingerprint density at radius 3 is 2.69 bits per heavy atom. The van der Waals surface area contributed by atoms with Gasteiger partial charge in [-0.3, -0.25) is 9.69 Å². The van der Waals surface area contributed by atoms with Crippen molar-refractivity contribution in [3.8, 4) is 17.1 Å². The van der Waals surface area contributed by atoms with E-state index in [1.807, 2.05) is 62.7 Å². The Hall–Kier alpha value is -3.12. The highest BCUT2D eigenvalue weighted by Gasteiger charge is 2.28. The molecular weight excluding hydrogens is 438 g/mol. The van der Waals surface area contributed by atoms with Gasteiger partial charge >= 0.3 is 0 Å². The first-order valence-corrected chi connectivity index (χ1v) is 12.8. The first kappa shape index (κ1) is 23.6. The first-order valence-electron chi connectivity index (χ1n) is 12.8. The van der Waals surface area contributed by atoms with Gasteiger partial charge in [-0.2, -0.15) is 0 Å². The smallest absolute Gasteiger partial charge is 0.203 e. The fourth-order valence-corrected chi connectivity index (χ4v) is 5.46. The summed E-state index contributed by atoms with van der Waals surface area (Å²) in [5.41, 5.74) is 4.25. The number of piperidine rings is 1. The molecule has 35 heavy (non-hydrogen) atoms. The van der Waals surface area contributed by atoms with Crippen molar-refractivity contribution < 1.29 is 9.52 Å². The molecule has 1 aliphatic rings. The summed E-state index contributed by atoms with van der Waals surface area (Å²) in [4.78, 5) is 21.4. The van der Waals surface area contributed by atoms with E-state index < -0.39 is 0 Å². The van der Waals surface area contributed by atoms with Crippen LogP contribution in [0.5, 0.6) is 5.75 Å². The second-order valence-corrected chi connectivity index (χ2v) is 10.2. The normalized spacial score (nSPS) is 17.1. The summed E-state index contributed by atoms with van der Waals surface area (Å²) < 4.78 is 8.56. The van der Waals surface area contributed by atoms with Gasteiger partial charge in [0.1, 0.15) is 28.5 Å². The number of para-hydroxylation sites is 2. The maximum atomic E-state index is 14.2. The Balaban J connectivity index is 1.80. The Kier molecular flexibility index (Phi) is 6.18.